The van der Waals surface area contributed by atoms with Crippen molar-refractivity contribution in [3.63, 3.8) is 0 Å². The fourth-order valence-electron chi connectivity index (χ4n) is 3.35. The Bertz CT molecular complexity index is 580. The van der Waals surface area contributed by atoms with Crippen molar-refractivity contribution < 1.29 is 4.74 Å². The number of ether oxygens (including phenoxy) is 1. The minimum absolute atomic E-state index is 0.483. The topological polar surface area (TPSA) is 48.9 Å². The molecular formula is C21H33ClN4O. The molecule has 2 aliphatic rings. The molecule has 27 heavy (non-hydrogen) atoms. The van der Waals surface area contributed by atoms with Crippen LogP contribution < -0.4 is 10.6 Å². The molecule has 1 saturated carbocycles. The zero-order chi connectivity index (χ0) is 18.9. The molecule has 0 unspecified atom stereocenters. The Balaban J connectivity index is 1.36. The first-order valence-corrected chi connectivity index (χ1v) is 10.7. The standard InChI is InChI=1S/C21H33ClN4O/c1-2-23-21(24-11-14-27-16-18-3-4-18)25-20-9-12-26(13-10-20)15-17-5-7-19(22)8-6-17/h5-8,18,20H,2-4,9-16H2,1H3,(H2,23,24,25). The van der Waals surface area contributed by atoms with Gasteiger partial charge in [-0.2, -0.15) is 0 Å². The van der Waals surface area contributed by atoms with Crippen LogP contribution in [0.3, 0.4) is 0 Å². The SMILES string of the molecule is CCNC(=NCCOCC1CC1)NC1CCN(Cc2ccc(Cl)cc2)CC1. The monoisotopic (exact) mass is 392 g/mol. The van der Waals surface area contributed by atoms with Gasteiger partial charge in [-0.3, -0.25) is 9.89 Å². The second-order valence-corrected chi connectivity index (χ2v) is 8.04. The highest BCUT2D eigenvalue weighted by atomic mass is 35.5. The summed E-state index contributed by atoms with van der Waals surface area (Å²) < 4.78 is 5.68. The van der Waals surface area contributed by atoms with E-state index in [1.54, 1.807) is 0 Å². The number of aliphatic imine (C=N–C) groups is 1. The molecule has 1 aromatic carbocycles. The van der Waals surface area contributed by atoms with Gasteiger partial charge in [0.25, 0.3) is 0 Å². The molecule has 1 aliphatic carbocycles. The number of piperidine rings is 1. The van der Waals surface area contributed by atoms with E-state index in [2.05, 4.69) is 39.6 Å². The van der Waals surface area contributed by atoms with Crippen molar-refractivity contribution in [2.75, 3.05) is 39.4 Å². The van der Waals surface area contributed by atoms with Gasteiger partial charge >= 0.3 is 0 Å². The van der Waals surface area contributed by atoms with Crippen LogP contribution in [0.15, 0.2) is 29.3 Å². The van der Waals surface area contributed by atoms with Gasteiger partial charge < -0.3 is 15.4 Å². The van der Waals surface area contributed by atoms with Crippen LogP contribution in [-0.2, 0) is 11.3 Å². The molecule has 2 N–H and O–H groups in total. The summed E-state index contributed by atoms with van der Waals surface area (Å²) in [5.41, 5.74) is 1.33. The molecule has 0 radical (unpaired) electrons. The van der Waals surface area contributed by atoms with Crippen LogP contribution >= 0.6 is 11.6 Å². The Morgan fingerprint density at radius 3 is 2.59 bits per heavy atom. The number of guanidine groups is 1. The van der Waals surface area contributed by atoms with E-state index in [-0.39, 0.29) is 0 Å². The fourth-order valence-corrected chi connectivity index (χ4v) is 3.48. The number of nitrogens with zero attached hydrogens (tertiary/aromatic N) is 2. The molecule has 0 amide bonds. The molecule has 2 fully saturated rings. The zero-order valence-electron chi connectivity index (χ0n) is 16.4. The third-order valence-electron chi connectivity index (χ3n) is 5.15. The predicted octanol–water partition coefficient (Wildman–Crippen LogP) is 3.29. The summed E-state index contributed by atoms with van der Waals surface area (Å²) >= 11 is 5.97. The van der Waals surface area contributed by atoms with Gasteiger partial charge in [-0.1, -0.05) is 23.7 Å². The van der Waals surface area contributed by atoms with Gasteiger partial charge in [0.2, 0.25) is 0 Å². The average molecular weight is 393 g/mol. The normalized spacial score (nSPS) is 19.3. The summed E-state index contributed by atoms with van der Waals surface area (Å²) in [5.74, 6) is 1.74. The lowest BCUT2D eigenvalue weighted by molar-refractivity contribution is 0.131. The maximum Gasteiger partial charge on any atom is 0.191 e. The molecular weight excluding hydrogens is 360 g/mol. The Labute approximate surface area is 168 Å². The van der Waals surface area contributed by atoms with Crippen molar-refractivity contribution in [3.05, 3.63) is 34.9 Å². The van der Waals surface area contributed by atoms with Gasteiger partial charge in [0.1, 0.15) is 0 Å². The summed E-state index contributed by atoms with van der Waals surface area (Å²) in [5, 5.41) is 7.76. The third-order valence-corrected chi connectivity index (χ3v) is 5.40. The molecule has 0 aromatic heterocycles. The lowest BCUT2D eigenvalue weighted by Gasteiger charge is -2.33. The van der Waals surface area contributed by atoms with E-state index in [0.717, 1.165) is 69.1 Å². The van der Waals surface area contributed by atoms with E-state index in [4.69, 9.17) is 16.3 Å². The predicted molar refractivity (Wildman–Crippen MR) is 112 cm³/mol. The van der Waals surface area contributed by atoms with E-state index in [1.807, 2.05) is 12.1 Å². The summed E-state index contributed by atoms with van der Waals surface area (Å²) in [7, 11) is 0. The number of halogens is 1. The van der Waals surface area contributed by atoms with Crippen LogP contribution in [0.2, 0.25) is 5.02 Å². The van der Waals surface area contributed by atoms with Gasteiger partial charge in [-0.25, -0.2) is 0 Å². The quantitative estimate of drug-likeness (QED) is 0.384. The zero-order valence-corrected chi connectivity index (χ0v) is 17.2. The van der Waals surface area contributed by atoms with Crippen LogP contribution in [0.25, 0.3) is 0 Å². The largest absolute Gasteiger partial charge is 0.379 e. The van der Waals surface area contributed by atoms with Gasteiger partial charge in [0, 0.05) is 43.9 Å². The maximum absolute atomic E-state index is 5.97. The molecule has 1 heterocycles. The van der Waals surface area contributed by atoms with Crippen LogP contribution in [0, 0.1) is 5.92 Å². The first-order chi connectivity index (χ1) is 13.2. The fraction of sp³-hybridized carbons (Fsp3) is 0.667. The van der Waals surface area contributed by atoms with Crippen molar-refractivity contribution >= 4 is 17.6 Å². The number of nitrogens with one attached hydrogen (secondary N) is 2. The van der Waals surface area contributed by atoms with Crippen molar-refractivity contribution in [3.8, 4) is 0 Å². The molecule has 3 rings (SSSR count). The summed E-state index contributed by atoms with van der Waals surface area (Å²) in [4.78, 5) is 7.17. The highest BCUT2D eigenvalue weighted by Crippen LogP contribution is 2.28. The van der Waals surface area contributed by atoms with Crippen LogP contribution in [0.5, 0.6) is 0 Å². The number of hydrogen-bond donors (Lipinski definition) is 2. The first kappa shape index (κ1) is 20.4. The molecule has 1 aromatic rings. The first-order valence-electron chi connectivity index (χ1n) is 10.3. The Hall–Kier alpha value is -1.30. The van der Waals surface area contributed by atoms with Gasteiger partial charge in [0.05, 0.1) is 13.2 Å². The maximum atomic E-state index is 5.97. The molecule has 0 atom stereocenters. The number of hydrogen-bond acceptors (Lipinski definition) is 3. The minimum atomic E-state index is 0.483. The number of likely N-dealkylation sites (tertiary alicyclic amines) is 1. The summed E-state index contributed by atoms with van der Waals surface area (Å²) in [6.45, 7) is 8.53. The van der Waals surface area contributed by atoms with E-state index in [1.165, 1.54) is 18.4 Å². The molecule has 1 aliphatic heterocycles. The smallest absolute Gasteiger partial charge is 0.191 e. The van der Waals surface area contributed by atoms with Crippen LogP contribution in [0.1, 0.15) is 38.2 Å². The van der Waals surface area contributed by atoms with Crippen LogP contribution in [-0.4, -0.2) is 56.3 Å². The third kappa shape index (κ3) is 7.68. The second-order valence-electron chi connectivity index (χ2n) is 7.60. The van der Waals surface area contributed by atoms with Gasteiger partial charge in [0.15, 0.2) is 5.96 Å². The van der Waals surface area contributed by atoms with Gasteiger partial charge in [-0.15, -0.1) is 0 Å². The van der Waals surface area contributed by atoms with E-state index in [9.17, 15) is 0 Å². The van der Waals surface area contributed by atoms with E-state index in [0.29, 0.717) is 12.6 Å². The average Bonchev–Trinajstić information content (AvgIpc) is 3.49. The summed E-state index contributed by atoms with van der Waals surface area (Å²) in [6, 6.07) is 8.66. The van der Waals surface area contributed by atoms with E-state index >= 15 is 0 Å². The van der Waals surface area contributed by atoms with Crippen molar-refractivity contribution in [2.45, 2.75) is 45.2 Å². The van der Waals surface area contributed by atoms with Crippen LogP contribution in [0.4, 0.5) is 0 Å². The highest BCUT2D eigenvalue weighted by Gasteiger charge is 2.21. The van der Waals surface area contributed by atoms with Crippen molar-refractivity contribution in [1.82, 2.24) is 15.5 Å². The minimum Gasteiger partial charge on any atom is -0.379 e. The van der Waals surface area contributed by atoms with Crippen molar-refractivity contribution in [2.24, 2.45) is 10.9 Å². The Kier molecular flexibility index (Phi) is 8.24. The molecule has 0 bridgehead atoms. The second kappa shape index (κ2) is 10.9. The molecule has 6 heteroatoms. The number of rotatable bonds is 9. The van der Waals surface area contributed by atoms with Crippen molar-refractivity contribution in [1.29, 1.82) is 0 Å². The molecule has 5 nitrogen and oxygen atoms in total. The lowest BCUT2D eigenvalue weighted by atomic mass is 10.0. The highest BCUT2D eigenvalue weighted by molar-refractivity contribution is 6.30. The van der Waals surface area contributed by atoms with Gasteiger partial charge in [-0.05, 0) is 56.2 Å². The summed E-state index contributed by atoms with van der Waals surface area (Å²) in [6.07, 6.45) is 4.95. The Morgan fingerprint density at radius 1 is 1.19 bits per heavy atom. The van der Waals surface area contributed by atoms with E-state index < -0.39 is 0 Å². The molecule has 0 spiro atoms. The molecule has 1 saturated heterocycles. The lowest BCUT2D eigenvalue weighted by Crippen LogP contribution is -2.48. The Morgan fingerprint density at radius 2 is 1.93 bits per heavy atom. The molecule has 150 valence electrons. The number of benzene rings is 1.